The van der Waals surface area contributed by atoms with Crippen LogP contribution in [-0.2, 0) is 14.4 Å². The van der Waals surface area contributed by atoms with Crippen molar-refractivity contribution in [2.45, 2.75) is 55.9 Å². The van der Waals surface area contributed by atoms with E-state index in [-0.39, 0.29) is 17.0 Å². The molecular weight excluding hydrogens is 556 g/mol. The van der Waals surface area contributed by atoms with Crippen LogP contribution in [0.15, 0.2) is 35.3 Å². The molecule has 214 valence electrons. The Morgan fingerprint density at radius 2 is 1.98 bits per heavy atom. The Hall–Kier alpha value is -3.66. The predicted octanol–water partition coefficient (Wildman–Crippen LogP) is 0.705. The van der Waals surface area contributed by atoms with E-state index in [9.17, 15) is 19.2 Å². The summed E-state index contributed by atoms with van der Waals surface area (Å²) in [7, 11) is 0. The number of carbonyl (C=O) groups excluding carboxylic acids is 4. The summed E-state index contributed by atoms with van der Waals surface area (Å²) >= 11 is 2.71. The number of aliphatic imine (C=N–C) groups is 1. The Balaban J connectivity index is 1.41. The van der Waals surface area contributed by atoms with Crippen LogP contribution in [-0.4, -0.2) is 89.4 Å². The lowest BCUT2D eigenvalue weighted by Crippen LogP contribution is -2.68. The topological polar surface area (TPSA) is 186 Å². The van der Waals surface area contributed by atoms with Crippen LogP contribution >= 0.6 is 23.5 Å². The van der Waals surface area contributed by atoms with Crippen molar-refractivity contribution in [3.63, 3.8) is 0 Å². The molecule has 2 aliphatic rings. The monoisotopic (exact) mass is 588 g/mol. The number of nitrogens with one attached hydrogen (secondary N) is 5. The molecule has 1 aromatic heterocycles. The number of nitrogens with zero attached hydrogens (tertiary/aromatic N) is 5. The number of amides is 5. The third-order valence-corrected chi connectivity index (χ3v) is 8.76. The van der Waals surface area contributed by atoms with Crippen LogP contribution in [0.1, 0.15) is 51.2 Å². The van der Waals surface area contributed by atoms with Gasteiger partial charge in [-0.1, -0.05) is 47.3 Å². The average molecular weight is 589 g/mol. The molecule has 40 heavy (non-hydrogen) atoms. The largest absolute Gasteiger partial charge is 0.365 e. The molecule has 2 fully saturated rings. The summed E-state index contributed by atoms with van der Waals surface area (Å²) in [5, 5.41) is 25.1. The van der Waals surface area contributed by atoms with Crippen LogP contribution < -0.4 is 21.3 Å². The van der Waals surface area contributed by atoms with E-state index in [0.29, 0.717) is 29.6 Å². The van der Waals surface area contributed by atoms with E-state index in [0.717, 1.165) is 0 Å². The number of fused-ring (bicyclic) bond motifs is 1. The van der Waals surface area contributed by atoms with Crippen LogP contribution in [0.5, 0.6) is 0 Å². The Morgan fingerprint density at radius 3 is 2.62 bits per heavy atom. The molecule has 2 aromatic rings. The van der Waals surface area contributed by atoms with Gasteiger partial charge in [0, 0.05) is 17.8 Å². The van der Waals surface area contributed by atoms with Gasteiger partial charge in [0.05, 0.1) is 5.75 Å². The molecule has 1 aromatic carbocycles. The van der Waals surface area contributed by atoms with E-state index >= 15 is 0 Å². The van der Waals surface area contributed by atoms with E-state index < -0.39 is 40.7 Å². The van der Waals surface area contributed by atoms with Gasteiger partial charge in [0.1, 0.15) is 23.5 Å². The fraction of sp³-hybridized carbons (Fsp3) is 0.500. The summed E-state index contributed by atoms with van der Waals surface area (Å²) in [4.78, 5) is 57.7. The van der Waals surface area contributed by atoms with Crippen molar-refractivity contribution in [3.8, 4) is 0 Å². The van der Waals surface area contributed by atoms with Crippen LogP contribution in [0, 0.1) is 0 Å². The molecule has 3 heterocycles. The Labute approximate surface area is 239 Å². The number of H-pyrrole nitrogens is 1. The molecule has 0 radical (unpaired) electrons. The number of thioether (sulfide) groups is 2. The predicted molar refractivity (Wildman–Crippen MR) is 151 cm³/mol. The summed E-state index contributed by atoms with van der Waals surface area (Å²) in [5.74, 6) is -1.03. The van der Waals surface area contributed by atoms with Gasteiger partial charge in [-0.2, -0.15) is 5.21 Å². The van der Waals surface area contributed by atoms with Crippen LogP contribution in [0.2, 0.25) is 0 Å². The lowest BCUT2D eigenvalue weighted by Gasteiger charge is -2.44. The van der Waals surface area contributed by atoms with Crippen LogP contribution in [0.25, 0.3) is 0 Å². The molecular formula is C24H32N10O4S2. The lowest BCUT2D eigenvalue weighted by molar-refractivity contribution is -0.152. The maximum atomic E-state index is 13.4. The first-order valence-corrected chi connectivity index (χ1v) is 14.6. The molecule has 4 rings (SSSR count). The number of benzene rings is 1. The van der Waals surface area contributed by atoms with Crippen molar-refractivity contribution in [1.29, 1.82) is 0 Å². The van der Waals surface area contributed by atoms with Gasteiger partial charge in [0.15, 0.2) is 11.0 Å². The van der Waals surface area contributed by atoms with Crippen LogP contribution in [0.4, 0.5) is 4.79 Å². The number of urea groups is 1. The first-order valence-electron chi connectivity index (χ1n) is 12.8. The third kappa shape index (κ3) is 6.38. The van der Waals surface area contributed by atoms with Gasteiger partial charge in [0.2, 0.25) is 17.7 Å². The van der Waals surface area contributed by atoms with Gasteiger partial charge in [-0.3, -0.25) is 24.7 Å². The summed E-state index contributed by atoms with van der Waals surface area (Å²) in [6.45, 7) is 8.96. The highest BCUT2D eigenvalue weighted by Crippen LogP contribution is 2.56. The number of hydrogen-bond acceptors (Lipinski definition) is 10. The SMILES string of the molecule is CCN=C(NCC)SCC(=O)NC(=O)N[C@@H](C(=O)NC1C(=O)N2C(c3nn[nH]n3)C(C)(C)S[C@H]12)c1ccccc1. The van der Waals surface area contributed by atoms with E-state index in [1.807, 2.05) is 27.7 Å². The summed E-state index contributed by atoms with van der Waals surface area (Å²) in [6.07, 6.45) is 0. The minimum atomic E-state index is -1.14. The molecule has 2 unspecified atom stereocenters. The third-order valence-electron chi connectivity index (χ3n) is 6.24. The number of imide groups is 1. The van der Waals surface area contributed by atoms with E-state index in [1.54, 1.807) is 35.2 Å². The molecule has 0 aliphatic carbocycles. The Bertz CT molecular complexity index is 1260. The molecule has 2 saturated heterocycles. The molecule has 16 heteroatoms. The van der Waals surface area contributed by atoms with Gasteiger partial charge in [0.25, 0.3) is 0 Å². The lowest BCUT2D eigenvalue weighted by atomic mass is 9.95. The molecule has 0 bridgehead atoms. The number of β-lactam (4-membered cyclic amide) rings is 1. The van der Waals surface area contributed by atoms with E-state index in [1.165, 1.54) is 23.5 Å². The first-order chi connectivity index (χ1) is 19.2. The van der Waals surface area contributed by atoms with Crippen molar-refractivity contribution in [3.05, 3.63) is 41.7 Å². The fourth-order valence-electron chi connectivity index (χ4n) is 4.54. The highest BCUT2D eigenvalue weighted by Gasteiger charge is 2.63. The van der Waals surface area contributed by atoms with Crippen molar-refractivity contribution in [2.75, 3.05) is 18.8 Å². The fourth-order valence-corrected chi connectivity index (χ4v) is 6.98. The maximum absolute atomic E-state index is 13.4. The number of aromatic amines is 1. The Kier molecular flexibility index (Phi) is 9.29. The van der Waals surface area contributed by atoms with E-state index in [4.69, 9.17) is 0 Å². The summed E-state index contributed by atoms with van der Waals surface area (Å²) < 4.78 is -0.423. The summed E-state index contributed by atoms with van der Waals surface area (Å²) in [5.41, 5.74) is 0.495. The molecule has 14 nitrogen and oxygen atoms in total. The number of amidine groups is 1. The molecule has 0 saturated carbocycles. The zero-order valence-electron chi connectivity index (χ0n) is 22.5. The normalized spacial score (nSPS) is 22.1. The minimum Gasteiger partial charge on any atom is -0.365 e. The quantitative estimate of drug-likeness (QED) is 0.159. The van der Waals surface area contributed by atoms with Crippen molar-refractivity contribution < 1.29 is 19.2 Å². The zero-order chi connectivity index (χ0) is 28.9. The number of rotatable bonds is 9. The molecule has 0 spiro atoms. The zero-order valence-corrected chi connectivity index (χ0v) is 24.1. The van der Waals surface area contributed by atoms with E-state index in [2.05, 4.69) is 46.9 Å². The van der Waals surface area contributed by atoms with Crippen molar-refractivity contribution in [1.82, 2.24) is 46.8 Å². The average Bonchev–Trinajstić information content (AvgIpc) is 3.53. The maximum Gasteiger partial charge on any atom is 0.322 e. The van der Waals surface area contributed by atoms with Gasteiger partial charge in [-0.15, -0.1) is 22.0 Å². The highest BCUT2D eigenvalue weighted by molar-refractivity contribution is 8.14. The van der Waals surface area contributed by atoms with Crippen LogP contribution in [0.3, 0.4) is 0 Å². The number of aromatic nitrogens is 4. The molecule has 2 aliphatic heterocycles. The smallest absolute Gasteiger partial charge is 0.322 e. The van der Waals surface area contributed by atoms with Crippen molar-refractivity contribution >= 4 is 52.4 Å². The highest BCUT2D eigenvalue weighted by atomic mass is 32.2. The van der Waals surface area contributed by atoms with Crippen molar-refractivity contribution in [2.24, 2.45) is 4.99 Å². The summed E-state index contributed by atoms with van der Waals surface area (Å²) in [6, 6.07) is 5.42. The van der Waals surface area contributed by atoms with Gasteiger partial charge in [-0.25, -0.2) is 4.79 Å². The molecule has 5 N–H and O–H groups in total. The minimum absolute atomic E-state index is 0.0376. The first kappa shape index (κ1) is 29.3. The van der Waals surface area contributed by atoms with Gasteiger partial charge >= 0.3 is 6.03 Å². The number of hydrogen-bond donors (Lipinski definition) is 5. The molecule has 4 atom stereocenters. The number of carbonyl (C=O) groups is 4. The molecule has 5 amide bonds. The van der Waals surface area contributed by atoms with Gasteiger partial charge in [-0.05, 0) is 33.3 Å². The standard InChI is InChI=1S/C24H32N10O4S2/c1-5-25-23(26-6-2)39-12-14(35)27-22(38)29-15(13-10-8-7-9-11-13)19(36)28-16-20(37)34-17(18-30-32-33-31-18)24(3,4)40-21(16)34/h7-11,15-17,21H,5-6,12H2,1-4H3,(H,25,26)(H,28,36)(H2,27,29,35,38)(H,30,31,32,33)/t15-,16?,17?,21-/m1/s1. The van der Waals surface area contributed by atoms with Gasteiger partial charge < -0.3 is 20.9 Å². The second-order valence-electron chi connectivity index (χ2n) is 9.48. The second-order valence-corrected chi connectivity index (χ2v) is 12.2. The Morgan fingerprint density at radius 1 is 1.23 bits per heavy atom. The number of tetrazole rings is 1. The second kappa shape index (κ2) is 12.7.